The highest BCUT2D eigenvalue weighted by Crippen LogP contribution is 2.43. The van der Waals surface area contributed by atoms with Gasteiger partial charge in [-0.25, -0.2) is 9.97 Å². The molecule has 9 heteroatoms. The molecule has 0 saturated heterocycles. The Bertz CT molecular complexity index is 1140. The molecule has 158 valence electrons. The summed E-state index contributed by atoms with van der Waals surface area (Å²) in [5.41, 5.74) is 1.10. The number of imidazole rings is 1. The molecule has 2 heterocycles. The summed E-state index contributed by atoms with van der Waals surface area (Å²) in [7, 11) is 0. The second-order valence-electron chi connectivity index (χ2n) is 8.23. The highest BCUT2D eigenvalue weighted by molar-refractivity contribution is 6.30. The first kappa shape index (κ1) is 19.6. The van der Waals surface area contributed by atoms with Crippen LogP contribution in [0.15, 0.2) is 35.4 Å². The Labute approximate surface area is 175 Å². The van der Waals surface area contributed by atoms with Gasteiger partial charge in [-0.1, -0.05) is 11.6 Å². The van der Waals surface area contributed by atoms with Crippen LogP contribution in [0.4, 0.5) is 13.2 Å². The largest absolute Gasteiger partial charge is 0.391 e. The van der Waals surface area contributed by atoms with Crippen molar-refractivity contribution in [1.29, 1.82) is 0 Å². The normalized spacial score (nSPS) is 22.5. The first-order valence-corrected chi connectivity index (χ1v) is 10.5. The van der Waals surface area contributed by atoms with E-state index in [1.54, 1.807) is 30.6 Å². The number of nitrogens with zero attached hydrogens (tertiary/aromatic N) is 4. The Balaban J connectivity index is 1.63. The average molecular weight is 437 g/mol. The van der Waals surface area contributed by atoms with Crippen LogP contribution in [0.1, 0.15) is 56.3 Å². The molecule has 3 aromatic rings. The van der Waals surface area contributed by atoms with Crippen LogP contribution < -0.4 is 5.56 Å². The number of fused-ring (bicyclic) bond motifs is 1. The molecule has 2 saturated carbocycles. The second-order valence-corrected chi connectivity index (χ2v) is 8.67. The van der Waals surface area contributed by atoms with Gasteiger partial charge in [-0.3, -0.25) is 9.36 Å². The molecule has 5 nitrogen and oxygen atoms in total. The maximum atomic E-state index is 13.4. The molecule has 2 aromatic heterocycles. The van der Waals surface area contributed by atoms with Crippen molar-refractivity contribution in [3.63, 3.8) is 0 Å². The third kappa shape index (κ3) is 3.41. The summed E-state index contributed by atoms with van der Waals surface area (Å²) in [5, 5.41) is 0.533. The number of hydrogen-bond acceptors (Lipinski definition) is 3. The molecule has 0 amide bonds. The lowest BCUT2D eigenvalue weighted by atomic mass is 9.81. The Hall–Kier alpha value is -2.35. The van der Waals surface area contributed by atoms with Crippen molar-refractivity contribution in [2.75, 3.05) is 0 Å². The van der Waals surface area contributed by atoms with Crippen LogP contribution in [0, 0.1) is 5.92 Å². The first-order chi connectivity index (χ1) is 14.3. The number of aromatic nitrogens is 4. The molecular weight excluding hydrogens is 417 g/mol. The van der Waals surface area contributed by atoms with Crippen LogP contribution in [0.2, 0.25) is 5.02 Å². The second kappa shape index (κ2) is 7.11. The van der Waals surface area contributed by atoms with Crippen molar-refractivity contribution in [2.45, 2.75) is 56.7 Å². The van der Waals surface area contributed by atoms with E-state index in [-0.39, 0.29) is 29.8 Å². The van der Waals surface area contributed by atoms with E-state index in [0.29, 0.717) is 41.1 Å². The smallest absolute Gasteiger partial charge is 0.312 e. The number of benzene rings is 1. The molecule has 2 aliphatic rings. The molecule has 1 aromatic carbocycles. The first-order valence-electron chi connectivity index (χ1n) is 10.1. The number of hydrogen-bond donors (Lipinski definition) is 0. The van der Waals surface area contributed by atoms with Gasteiger partial charge in [0, 0.05) is 17.0 Å². The van der Waals surface area contributed by atoms with Gasteiger partial charge in [0.1, 0.15) is 5.82 Å². The summed E-state index contributed by atoms with van der Waals surface area (Å²) in [6.07, 6.45) is 0.268. The van der Waals surface area contributed by atoms with Crippen molar-refractivity contribution in [2.24, 2.45) is 5.92 Å². The van der Waals surface area contributed by atoms with Gasteiger partial charge in [0.2, 0.25) is 0 Å². The lowest BCUT2D eigenvalue weighted by Crippen LogP contribution is -2.31. The van der Waals surface area contributed by atoms with Crippen LogP contribution >= 0.6 is 11.6 Å². The maximum absolute atomic E-state index is 13.4. The summed E-state index contributed by atoms with van der Waals surface area (Å²) >= 11 is 6.00. The Morgan fingerprint density at radius 3 is 2.27 bits per heavy atom. The minimum Gasteiger partial charge on any atom is -0.312 e. The van der Waals surface area contributed by atoms with Crippen molar-refractivity contribution in [3.8, 4) is 5.69 Å². The molecule has 0 radical (unpaired) electrons. The molecule has 2 fully saturated rings. The highest BCUT2D eigenvalue weighted by Gasteiger charge is 2.42. The quantitative estimate of drug-likeness (QED) is 0.552. The van der Waals surface area contributed by atoms with Gasteiger partial charge in [0.25, 0.3) is 5.56 Å². The van der Waals surface area contributed by atoms with Gasteiger partial charge < -0.3 is 4.57 Å². The van der Waals surface area contributed by atoms with Crippen LogP contribution in [0.5, 0.6) is 0 Å². The predicted octanol–water partition coefficient (Wildman–Crippen LogP) is 5.41. The van der Waals surface area contributed by atoms with Gasteiger partial charge in [0.05, 0.1) is 17.9 Å². The van der Waals surface area contributed by atoms with Crippen LogP contribution in [0.25, 0.3) is 16.9 Å². The average Bonchev–Trinajstić information content (AvgIpc) is 3.47. The maximum Gasteiger partial charge on any atom is 0.391 e. The van der Waals surface area contributed by atoms with E-state index in [0.717, 1.165) is 12.8 Å². The fraction of sp³-hybridized carbons (Fsp3) is 0.476. The van der Waals surface area contributed by atoms with Gasteiger partial charge in [-0.05, 0) is 62.8 Å². The molecule has 30 heavy (non-hydrogen) atoms. The van der Waals surface area contributed by atoms with Crippen molar-refractivity contribution in [3.05, 3.63) is 51.8 Å². The van der Waals surface area contributed by atoms with Crippen LogP contribution in [-0.2, 0) is 0 Å². The molecule has 0 atom stereocenters. The molecule has 2 aliphatic carbocycles. The van der Waals surface area contributed by atoms with E-state index in [9.17, 15) is 18.0 Å². The zero-order chi connectivity index (χ0) is 21.0. The zero-order valence-corrected chi connectivity index (χ0v) is 16.8. The molecule has 0 bridgehead atoms. The van der Waals surface area contributed by atoms with E-state index < -0.39 is 12.1 Å². The topological polar surface area (TPSA) is 52.7 Å². The van der Waals surface area contributed by atoms with Gasteiger partial charge in [-0.2, -0.15) is 13.2 Å². The Morgan fingerprint density at radius 1 is 1.00 bits per heavy atom. The number of alkyl halides is 3. The van der Waals surface area contributed by atoms with Gasteiger partial charge >= 0.3 is 6.18 Å². The Kier molecular flexibility index (Phi) is 4.65. The molecule has 0 aliphatic heterocycles. The molecular formula is C21H20ClF3N4O. The fourth-order valence-electron chi connectivity index (χ4n) is 4.40. The SMILES string of the molecule is O=c1c2ncn(C3CC3)c2nc([C@H]2CC[C@@H](C(F)(F)F)CC2)n1-c1ccc(Cl)cc1. The lowest BCUT2D eigenvalue weighted by Gasteiger charge is -2.30. The number of rotatable bonds is 3. The van der Waals surface area contributed by atoms with E-state index in [1.165, 1.54) is 4.57 Å². The zero-order valence-electron chi connectivity index (χ0n) is 16.1. The van der Waals surface area contributed by atoms with E-state index in [4.69, 9.17) is 16.6 Å². The molecule has 0 N–H and O–H groups in total. The summed E-state index contributed by atoms with van der Waals surface area (Å²) in [5.74, 6) is -0.998. The van der Waals surface area contributed by atoms with Gasteiger partial charge in [0.15, 0.2) is 11.2 Å². The summed E-state index contributed by atoms with van der Waals surface area (Å²) in [6, 6.07) is 7.10. The highest BCUT2D eigenvalue weighted by atomic mass is 35.5. The fourth-order valence-corrected chi connectivity index (χ4v) is 4.52. The summed E-state index contributed by atoms with van der Waals surface area (Å²) in [6.45, 7) is 0. The Morgan fingerprint density at radius 2 is 1.67 bits per heavy atom. The standard InChI is InChI=1S/C21H20ClF3N4O/c22-14-5-7-16(8-6-14)29-18(12-1-3-13(4-2-12)21(23,24)25)27-19-17(20(29)30)26-11-28(19)15-9-10-15/h5-8,11-13,15H,1-4,9-10H2/t12-,13+. The van der Waals surface area contributed by atoms with Gasteiger partial charge in [-0.15, -0.1) is 0 Å². The third-order valence-electron chi connectivity index (χ3n) is 6.20. The number of halogens is 4. The van der Waals surface area contributed by atoms with Crippen molar-refractivity contribution in [1.82, 2.24) is 19.1 Å². The monoisotopic (exact) mass is 436 g/mol. The van der Waals surface area contributed by atoms with E-state index >= 15 is 0 Å². The predicted molar refractivity (Wildman–Crippen MR) is 107 cm³/mol. The molecule has 5 rings (SSSR count). The summed E-state index contributed by atoms with van der Waals surface area (Å²) < 4.78 is 42.8. The molecule has 0 spiro atoms. The lowest BCUT2D eigenvalue weighted by molar-refractivity contribution is -0.182. The van der Waals surface area contributed by atoms with Crippen LogP contribution in [0.3, 0.4) is 0 Å². The minimum atomic E-state index is -4.18. The third-order valence-corrected chi connectivity index (χ3v) is 6.46. The summed E-state index contributed by atoms with van der Waals surface area (Å²) in [4.78, 5) is 22.5. The van der Waals surface area contributed by atoms with Crippen molar-refractivity contribution >= 4 is 22.8 Å². The minimum absolute atomic E-state index is 0.0462. The van der Waals surface area contributed by atoms with E-state index in [1.807, 2.05) is 4.57 Å². The van der Waals surface area contributed by atoms with E-state index in [2.05, 4.69) is 4.98 Å². The molecule has 0 unspecified atom stereocenters. The van der Waals surface area contributed by atoms with Crippen LogP contribution in [-0.4, -0.2) is 25.3 Å². The van der Waals surface area contributed by atoms with Crippen molar-refractivity contribution < 1.29 is 13.2 Å².